The molecule has 3 aromatic carbocycles. The van der Waals surface area contributed by atoms with Crippen molar-refractivity contribution in [2.45, 2.75) is 37.8 Å². The molecule has 0 aliphatic heterocycles. The number of hydrogen-bond acceptors (Lipinski definition) is 3. The average Bonchev–Trinajstić information content (AvgIpc) is 2.86. The van der Waals surface area contributed by atoms with E-state index in [1.165, 1.54) is 11.8 Å². The maximum Gasteiger partial charge on any atom is 0.243 e. The van der Waals surface area contributed by atoms with Crippen molar-refractivity contribution in [1.82, 2.24) is 10.2 Å². The summed E-state index contributed by atoms with van der Waals surface area (Å²) < 4.78 is 0. The molecule has 0 spiro atoms. The smallest absolute Gasteiger partial charge is 0.243 e. The van der Waals surface area contributed by atoms with Gasteiger partial charge in [0, 0.05) is 24.4 Å². The van der Waals surface area contributed by atoms with Crippen LogP contribution in [-0.2, 0) is 22.6 Å². The minimum absolute atomic E-state index is 0.120. The van der Waals surface area contributed by atoms with Crippen LogP contribution < -0.4 is 5.32 Å². The van der Waals surface area contributed by atoms with E-state index in [0.29, 0.717) is 28.9 Å². The Kier molecular flexibility index (Phi) is 10.5. The van der Waals surface area contributed by atoms with Gasteiger partial charge in [-0.05, 0) is 41.3 Å². The summed E-state index contributed by atoms with van der Waals surface area (Å²) in [4.78, 5) is 29.7. The molecular formula is C28H30Cl2N2O2S. The van der Waals surface area contributed by atoms with Crippen molar-refractivity contribution in [1.29, 1.82) is 0 Å². The first-order chi connectivity index (χ1) is 16.8. The van der Waals surface area contributed by atoms with E-state index >= 15 is 0 Å². The molecule has 1 atom stereocenters. The van der Waals surface area contributed by atoms with Crippen molar-refractivity contribution in [2.24, 2.45) is 5.92 Å². The lowest BCUT2D eigenvalue weighted by Gasteiger charge is -2.32. The van der Waals surface area contributed by atoms with Crippen LogP contribution in [0, 0.1) is 5.92 Å². The van der Waals surface area contributed by atoms with Crippen LogP contribution in [0.4, 0.5) is 0 Å². The number of carbonyl (C=O) groups excluding carboxylic acids is 2. The van der Waals surface area contributed by atoms with Gasteiger partial charge >= 0.3 is 0 Å². The Bertz CT molecular complexity index is 1110. The lowest BCUT2D eigenvalue weighted by Crippen LogP contribution is -2.51. The topological polar surface area (TPSA) is 49.4 Å². The highest BCUT2D eigenvalue weighted by molar-refractivity contribution is 8.00. The molecule has 0 aliphatic carbocycles. The minimum atomic E-state index is -0.672. The van der Waals surface area contributed by atoms with E-state index in [4.69, 9.17) is 23.2 Å². The van der Waals surface area contributed by atoms with Gasteiger partial charge in [-0.3, -0.25) is 9.59 Å². The predicted octanol–water partition coefficient (Wildman–Crippen LogP) is 6.50. The van der Waals surface area contributed by atoms with E-state index in [-0.39, 0.29) is 24.1 Å². The second kappa shape index (κ2) is 13.6. The summed E-state index contributed by atoms with van der Waals surface area (Å²) in [5.74, 6) is 0.226. The first-order valence-electron chi connectivity index (χ1n) is 11.6. The Morgan fingerprint density at radius 2 is 1.54 bits per heavy atom. The molecular weight excluding hydrogens is 499 g/mol. The van der Waals surface area contributed by atoms with Crippen LogP contribution in [0.25, 0.3) is 0 Å². The summed E-state index contributed by atoms with van der Waals surface area (Å²) in [6.07, 6.45) is 0.411. The molecule has 1 N–H and O–H groups in total. The lowest BCUT2D eigenvalue weighted by atomic mass is 10.0. The molecule has 35 heavy (non-hydrogen) atoms. The van der Waals surface area contributed by atoms with Crippen LogP contribution in [-0.4, -0.2) is 35.1 Å². The first-order valence-corrected chi connectivity index (χ1v) is 13.3. The molecule has 0 fully saturated rings. The lowest BCUT2D eigenvalue weighted by molar-refractivity contribution is -0.139. The zero-order valence-electron chi connectivity index (χ0n) is 19.9. The molecule has 4 nitrogen and oxygen atoms in total. The number of hydrogen-bond donors (Lipinski definition) is 1. The summed E-state index contributed by atoms with van der Waals surface area (Å²) in [7, 11) is 0. The van der Waals surface area contributed by atoms with Crippen LogP contribution in [0.3, 0.4) is 0 Å². The summed E-state index contributed by atoms with van der Waals surface area (Å²) in [6.45, 7) is 4.87. The Hall–Kier alpha value is -2.47. The Morgan fingerprint density at radius 3 is 2.17 bits per heavy atom. The molecule has 7 heteroatoms. The standard InChI is InChI=1S/C28H30Cl2N2O2S/c1-20(2)17-31-28(34)26(16-21-9-5-3-6-10-21)32(18-22-13-14-24(29)25(30)15-22)27(33)19-35-23-11-7-4-8-12-23/h3-15,20,26H,16-19H2,1-2H3,(H,31,34). The Balaban J connectivity index is 1.91. The van der Waals surface area contributed by atoms with Crippen molar-refractivity contribution in [3.8, 4) is 0 Å². The predicted molar refractivity (Wildman–Crippen MR) is 146 cm³/mol. The third-order valence-corrected chi connectivity index (χ3v) is 7.13. The number of carbonyl (C=O) groups is 2. The van der Waals surface area contributed by atoms with E-state index in [2.05, 4.69) is 5.32 Å². The van der Waals surface area contributed by atoms with Gasteiger partial charge in [-0.25, -0.2) is 0 Å². The van der Waals surface area contributed by atoms with E-state index in [9.17, 15) is 9.59 Å². The van der Waals surface area contributed by atoms with Crippen LogP contribution >= 0.6 is 35.0 Å². The molecule has 3 rings (SSSR count). The number of amides is 2. The minimum Gasteiger partial charge on any atom is -0.354 e. The number of nitrogens with zero attached hydrogens (tertiary/aromatic N) is 1. The number of thioether (sulfide) groups is 1. The summed E-state index contributed by atoms with van der Waals surface area (Å²) in [6, 6.07) is 24.2. The third kappa shape index (κ3) is 8.60. The van der Waals surface area contributed by atoms with E-state index < -0.39 is 6.04 Å². The zero-order valence-corrected chi connectivity index (χ0v) is 22.2. The van der Waals surface area contributed by atoms with Crippen LogP contribution in [0.2, 0.25) is 10.0 Å². The molecule has 1 unspecified atom stereocenters. The van der Waals surface area contributed by atoms with Gasteiger partial charge in [0.1, 0.15) is 6.04 Å². The Labute approximate surface area is 222 Å². The fourth-order valence-corrected chi connectivity index (χ4v) is 4.68. The van der Waals surface area contributed by atoms with Crippen molar-refractivity contribution in [3.05, 3.63) is 100 Å². The third-order valence-electron chi connectivity index (χ3n) is 5.40. The van der Waals surface area contributed by atoms with Gasteiger partial charge in [0.2, 0.25) is 11.8 Å². The van der Waals surface area contributed by atoms with Gasteiger partial charge in [0.15, 0.2) is 0 Å². The van der Waals surface area contributed by atoms with Gasteiger partial charge < -0.3 is 10.2 Å². The normalized spacial score (nSPS) is 11.8. The van der Waals surface area contributed by atoms with Gasteiger partial charge in [-0.1, -0.05) is 91.6 Å². The molecule has 2 amide bonds. The molecule has 0 saturated carbocycles. The second-order valence-corrected chi connectivity index (χ2v) is 10.6. The van der Waals surface area contributed by atoms with Crippen molar-refractivity contribution in [3.63, 3.8) is 0 Å². The van der Waals surface area contributed by atoms with Crippen LogP contribution in [0.1, 0.15) is 25.0 Å². The molecule has 3 aromatic rings. The molecule has 184 valence electrons. The molecule has 0 aliphatic rings. The van der Waals surface area contributed by atoms with Crippen LogP contribution in [0.5, 0.6) is 0 Å². The van der Waals surface area contributed by atoms with E-state index in [1.54, 1.807) is 17.0 Å². The van der Waals surface area contributed by atoms with E-state index in [0.717, 1.165) is 16.0 Å². The maximum atomic E-state index is 13.6. The zero-order chi connectivity index (χ0) is 25.2. The molecule has 0 saturated heterocycles. The average molecular weight is 530 g/mol. The van der Waals surface area contributed by atoms with Crippen molar-refractivity contribution >= 4 is 46.8 Å². The SMILES string of the molecule is CC(C)CNC(=O)C(Cc1ccccc1)N(Cc1ccc(Cl)c(Cl)c1)C(=O)CSc1ccccc1. The number of nitrogens with one attached hydrogen (secondary N) is 1. The first kappa shape index (κ1) is 27.1. The van der Waals surface area contributed by atoms with Gasteiger partial charge in [-0.2, -0.15) is 0 Å². The van der Waals surface area contributed by atoms with Gasteiger partial charge in [0.25, 0.3) is 0 Å². The fourth-order valence-electron chi connectivity index (χ4n) is 3.56. The highest BCUT2D eigenvalue weighted by atomic mass is 35.5. The van der Waals surface area contributed by atoms with E-state index in [1.807, 2.05) is 80.6 Å². The van der Waals surface area contributed by atoms with Crippen molar-refractivity contribution < 1.29 is 9.59 Å². The number of benzene rings is 3. The Morgan fingerprint density at radius 1 is 0.886 bits per heavy atom. The largest absolute Gasteiger partial charge is 0.354 e. The summed E-state index contributed by atoms with van der Waals surface area (Å²) >= 11 is 13.8. The summed E-state index contributed by atoms with van der Waals surface area (Å²) in [5.41, 5.74) is 1.80. The molecule has 0 bridgehead atoms. The molecule has 0 aromatic heterocycles. The summed E-state index contributed by atoms with van der Waals surface area (Å²) in [5, 5.41) is 3.89. The quantitative estimate of drug-likeness (QED) is 0.289. The molecule has 0 radical (unpaired) electrons. The molecule has 0 heterocycles. The highest BCUT2D eigenvalue weighted by Crippen LogP contribution is 2.25. The fraction of sp³-hybridized carbons (Fsp3) is 0.286. The second-order valence-electron chi connectivity index (χ2n) is 8.72. The highest BCUT2D eigenvalue weighted by Gasteiger charge is 2.30. The number of rotatable bonds is 11. The van der Waals surface area contributed by atoms with Crippen LogP contribution in [0.15, 0.2) is 83.8 Å². The number of halogens is 2. The van der Waals surface area contributed by atoms with Gasteiger partial charge in [0.05, 0.1) is 15.8 Å². The van der Waals surface area contributed by atoms with Crippen molar-refractivity contribution in [2.75, 3.05) is 12.3 Å². The van der Waals surface area contributed by atoms with Gasteiger partial charge in [-0.15, -0.1) is 11.8 Å². The monoisotopic (exact) mass is 528 g/mol. The maximum absolute atomic E-state index is 13.6.